The van der Waals surface area contributed by atoms with Gasteiger partial charge in [0.2, 0.25) is 0 Å². The smallest absolute Gasteiger partial charge is 0.106 e. The molecule has 0 aliphatic heterocycles. The molecule has 4 fully saturated rings. The molecule has 0 saturated heterocycles. The van der Waals surface area contributed by atoms with Crippen LogP contribution in [-0.2, 0) is 0 Å². The third-order valence-corrected chi connectivity index (χ3v) is 10.1. The molecule has 4 aliphatic rings. The summed E-state index contributed by atoms with van der Waals surface area (Å²) in [6, 6.07) is 0. The van der Waals surface area contributed by atoms with Crippen LogP contribution in [0.15, 0.2) is 0 Å². The lowest BCUT2D eigenvalue weighted by Gasteiger charge is -2.40. The van der Waals surface area contributed by atoms with E-state index in [1.807, 2.05) is 0 Å². The zero-order chi connectivity index (χ0) is 28.9. The van der Waals surface area contributed by atoms with Crippen LogP contribution in [-0.4, -0.2) is 6.71 Å². The maximum atomic E-state index is 5.09. The van der Waals surface area contributed by atoms with Crippen LogP contribution in [0.1, 0.15) is 64.7 Å². The lowest BCUT2D eigenvalue weighted by Crippen LogP contribution is -2.36. The fourth-order valence-corrected chi connectivity index (χ4v) is 8.82. The van der Waals surface area contributed by atoms with Gasteiger partial charge >= 0.3 is 0 Å². The van der Waals surface area contributed by atoms with Gasteiger partial charge in [-0.25, -0.2) is 0 Å². The lowest BCUT2D eigenvalue weighted by atomic mass is 9.30. The van der Waals surface area contributed by atoms with Crippen LogP contribution < -0.4 is 0 Å². The molecule has 4 aliphatic carbocycles. The molecule has 9 atom stereocenters. The largest absolute Gasteiger partial charge is 0.144 e. The highest BCUT2D eigenvalue weighted by atomic mass is 14.5. The van der Waals surface area contributed by atoms with Crippen LogP contribution >= 0.6 is 0 Å². The van der Waals surface area contributed by atoms with E-state index in [9.17, 15) is 0 Å². The van der Waals surface area contributed by atoms with Gasteiger partial charge in [-0.1, -0.05) is 69.3 Å². The lowest BCUT2D eigenvalue weighted by molar-refractivity contribution is 0.217. The Hall–Kier alpha value is -4.34. The van der Waals surface area contributed by atoms with Gasteiger partial charge in [0.05, 0.1) is 0 Å². The van der Waals surface area contributed by atoms with Crippen molar-refractivity contribution in [2.75, 3.05) is 0 Å². The summed E-state index contributed by atoms with van der Waals surface area (Å²) in [5.41, 5.74) is 0. The molecule has 0 amide bonds. The second-order valence-electron chi connectivity index (χ2n) is 11.9. The molecule has 1 heteroatoms. The standard InChI is InChI=1S/C40H35B/c1-5-7-9-11-13-15-17-19-23-33-25-21-27-36-35(33)29-30-39(36)41(4)40-32(3)31-38-34(26-22-28-37(38)40)24-20-18-16-14-12-10-8-6-2/h1-2,32-40H,21-22,25-31H2,3-4H3/t32-,33?,34?,35?,36?,37?,38?,39?,40?/m1/s1. The molecule has 0 N–H and O–H groups in total. The molecule has 0 radical (unpaired) electrons. The molecular weight excluding hydrogens is 491 g/mol. The highest BCUT2D eigenvalue weighted by molar-refractivity contribution is 6.61. The Labute approximate surface area is 250 Å². The zero-order valence-corrected chi connectivity index (χ0v) is 24.3. The van der Waals surface area contributed by atoms with Gasteiger partial charge in [-0.2, -0.15) is 0 Å². The average Bonchev–Trinajstić information content (AvgIpc) is 3.57. The minimum absolute atomic E-state index is 0.456. The zero-order valence-electron chi connectivity index (χ0n) is 24.3. The Morgan fingerprint density at radius 2 is 1.00 bits per heavy atom. The van der Waals surface area contributed by atoms with Crippen LogP contribution in [0.4, 0.5) is 0 Å². The highest BCUT2D eigenvalue weighted by Gasteiger charge is 2.53. The summed E-state index contributed by atoms with van der Waals surface area (Å²) in [5, 5.41) is 0. The second-order valence-corrected chi connectivity index (χ2v) is 11.9. The van der Waals surface area contributed by atoms with E-state index >= 15 is 0 Å². The molecule has 0 aromatic heterocycles. The molecule has 4 saturated carbocycles. The third-order valence-electron chi connectivity index (χ3n) is 10.1. The molecule has 0 spiro atoms. The van der Waals surface area contributed by atoms with E-state index in [-0.39, 0.29) is 0 Å². The number of hydrogen-bond acceptors (Lipinski definition) is 0. The third kappa shape index (κ3) is 7.66. The molecule has 41 heavy (non-hydrogen) atoms. The SMILES string of the molecule is C#CC#CC#CC#CC#CC1CCCC2C(B(C)C3C4CCCC(C#CC#CC#CC#CC#C)C4C[C@H]3C)CCC12. The molecule has 4 rings (SSSR count). The van der Waals surface area contributed by atoms with Crippen LogP contribution in [0, 0.1) is 161 Å². The molecular formula is C40H35B. The number of rotatable bonds is 2. The molecule has 0 aromatic rings. The molecule has 0 bridgehead atoms. The van der Waals surface area contributed by atoms with Crippen molar-refractivity contribution in [3.05, 3.63) is 0 Å². The number of hydrogen-bond donors (Lipinski definition) is 0. The van der Waals surface area contributed by atoms with E-state index in [2.05, 4.69) is 120 Å². The van der Waals surface area contributed by atoms with Crippen LogP contribution in [0.3, 0.4) is 0 Å². The number of terminal acetylenes is 2. The van der Waals surface area contributed by atoms with Crippen molar-refractivity contribution in [3.8, 4) is 119 Å². The Balaban J connectivity index is 1.40. The normalized spacial score (nSPS) is 31.4. The predicted molar refractivity (Wildman–Crippen MR) is 171 cm³/mol. The van der Waals surface area contributed by atoms with Crippen molar-refractivity contribution in [1.29, 1.82) is 0 Å². The molecule has 0 heterocycles. The van der Waals surface area contributed by atoms with Gasteiger partial charge in [0, 0.05) is 11.8 Å². The summed E-state index contributed by atoms with van der Waals surface area (Å²) < 4.78 is 0. The summed E-state index contributed by atoms with van der Waals surface area (Å²) in [4.78, 5) is 0. The maximum Gasteiger partial charge on any atom is 0.144 e. The first-order valence-electron chi connectivity index (χ1n) is 15.1. The molecule has 198 valence electrons. The first-order valence-corrected chi connectivity index (χ1v) is 15.1. The molecule has 0 aromatic carbocycles. The number of fused-ring (bicyclic) bond motifs is 2. The average molecular weight is 527 g/mol. The summed E-state index contributed by atoms with van der Waals surface area (Å²) in [5.74, 6) is 56.1. The Morgan fingerprint density at radius 1 is 0.512 bits per heavy atom. The first-order chi connectivity index (χ1) is 20.2. The molecule has 0 nitrogen and oxygen atoms in total. The van der Waals surface area contributed by atoms with E-state index in [1.54, 1.807) is 0 Å². The van der Waals surface area contributed by atoms with Gasteiger partial charge in [-0.05, 0) is 150 Å². The van der Waals surface area contributed by atoms with E-state index in [0.717, 1.165) is 42.0 Å². The van der Waals surface area contributed by atoms with Gasteiger partial charge in [0.25, 0.3) is 0 Å². The maximum absolute atomic E-state index is 5.09. The van der Waals surface area contributed by atoms with Crippen molar-refractivity contribution < 1.29 is 0 Å². The van der Waals surface area contributed by atoms with Crippen molar-refractivity contribution in [2.45, 2.75) is 83.2 Å². The summed E-state index contributed by atoms with van der Waals surface area (Å²) in [6.45, 7) is 5.85. The van der Waals surface area contributed by atoms with Crippen molar-refractivity contribution in [1.82, 2.24) is 0 Å². The molecule has 8 unspecified atom stereocenters. The van der Waals surface area contributed by atoms with Crippen molar-refractivity contribution in [2.24, 2.45) is 41.4 Å². The van der Waals surface area contributed by atoms with Crippen molar-refractivity contribution in [3.63, 3.8) is 0 Å². The quantitative estimate of drug-likeness (QED) is 0.304. The minimum Gasteiger partial charge on any atom is -0.106 e. The van der Waals surface area contributed by atoms with Crippen LogP contribution in [0.2, 0.25) is 18.5 Å². The fourth-order valence-electron chi connectivity index (χ4n) is 8.82. The van der Waals surface area contributed by atoms with Gasteiger partial charge in [0.15, 0.2) is 0 Å². The first kappa shape index (κ1) is 29.6. The predicted octanol–water partition coefficient (Wildman–Crippen LogP) is 6.04. The Kier molecular flexibility index (Phi) is 11.2. The second kappa shape index (κ2) is 15.5. The van der Waals surface area contributed by atoms with Gasteiger partial charge in [-0.3, -0.25) is 0 Å². The highest BCUT2D eigenvalue weighted by Crippen LogP contribution is 2.60. The van der Waals surface area contributed by atoms with Gasteiger partial charge in [0.1, 0.15) is 6.71 Å². The van der Waals surface area contributed by atoms with Crippen molar-refractivity contribution >= 4 is 6.71 Å². The van der Waals surface area contributed by atoms with E-state index < -0.39 is 0 Å². The Morgan fingerprint density at radius 3 is 1.56 bits per heavy atom. The topological polar surface area (TPSA) is 0 Å². The summed E-state index contributed by atoms with van der Waals surface area (Å²) >= 11 is 0. The Bertz CT molecular complexity index is 1580. The van der Waals surface area contributed by atoms with E-state index in [0.29, 0.717) is 17.8 Å². The summed E-state index contributed by atoms with van der Waals surface area (Å²) in [6.07, 6.45) is 21.8. The van der Waals surface area contributed by atoms with E-state index in [4.69, 9.17) is 12.8 Å². The fraction of sp³-hybridized carbons (Fsp3) is 0.500. The van der Waals surface area contributed by atoms with Crippen LogP contribution in [0.5, 0.6) is 0 Å². The van der Waals surface area contributed by atoms with Crippen LogP contribution in [0.25, 0.3) is 0 Å². The van der Waals surface area contributed by atoms with E-state index in [1.165, 1.54) is 57.8 Å². The minimum atomic E-state index is 0.456. The van der Waals surface area contributed by atoms with Gasteiger partial charge in [-0.15, -0.1) is 12.8 Å². The monoisotopic (exact) mass is 526 g/mol. The van der Waals surface area contributed by atoms with Gasteiger partial charge < -0.3 is 0 Å². The summed E-state index contributed by atoms with van der Waals surface area (Å²) in [7, 11) is 0.